The molecule has 4 rings (SSSR count). The highest BCUT2D eigenvalue weighted by atomic mass is 32.2. The quantitative estimate of drug-likeness (QED) is 0.209. The number of H-pyrrole nitrogens is 1. The maximum Gasteiger partial charge on any atom is 0.490 e. The molecule has 0 saturated heterocycles. The zero-order valence-corrected chi connectivity index (χ0v) is 20.4. The van der Waals surface area contributed by atoms with Gasteiger partial charge in [0.2, 0.25) is 15.8 Å². The molecule has 0 spiro atoms. The molecule has 0 saturated carbocycles. The first-order valence-corrected chi connectivity index (χ1v) is 13.4. The number of rotatable bonds is 7. The first kappa shape index (κ1) is 27.0. The molecule has 200 valence electrons. The summed E-state index contributed by atoms with van der Waals surface area (Å²) in [5, 5.41) is 19.8. The Morgan fingerprint density at radius 3 is 2.45 bits per heavy atom. The smallest absolute Gasteiger partial charge is 0.439 e. The van der Waals surface area contributed by atoms with E-state index < -0.39 is 53.8 Å². The molecule has 2 heterocycles. The highest BCUT2D eigenvalue weighted by molar-refractivity contribution is 7.93. The van der Waals surface area contributed by atoms with E-state index in [1.807, 2.05) is 0 Å². The number of fused-ring (bicyclic) bond motifs is 1. The number of sulfonamides is 1. The Hall–Kier alpha value is -4.00. The lowest BCUT2D eigenvalue weighted by Crippen LogP contribution is -2.39. The molecule has 18 heteroatoms. The number of esters is 1. The normalized spacial score (nSPS) is 13.4. The van der Waals surface area contributed by atoms with E-state index in [1.54, 1.807) is 30.5 Å². The van der Waals surface area contributed by atoms with Crippen molar-refractivity contribution in [1.82, 2.24) is 25.6 Å². The van der Waals surface area contributed by atoms with Crippen molar-refractivity contribution in [2.45, 2.75) is 22.2 Å². The van der Waals surface area contributed by atoms with Crippen molar-refractivity contribution in [2.75, 3.05) is 5.75 Å². The lowest BCUT2D eigenvalue weighted by atomic mass is 9.95. The summed E-state index contributed by atoms with van der Waals surface area (Å²) >= 11 is 0. The predicted octanol–water partition coefficient (Wildman–Crippen LogP) is 0.893. The average molecular weight is 572 g/mol. The molecule has 0 bridgehead atoms. The van der Waals surface area contributed by atoms with Crippen LogP contribution in [0.5, 0.6) is 0 Å². The Morgan fingerprint density at radius 2 is 1.82 bits per heavy atom. The number of hydrogen-bond acceptors (Lipinski definition) is 11. The standard InChI is InChI=1S/C20H16F3N7O6S2/c21-20(22,23)19(31)36-15(24)9-37(32,33)14-5-4-13(12-3-1-2-10-8-26-7-6-11(10)12)16(17(14)38(25,34)35)18-27-29-30-28-18/h1-8,15H,9,24H2,(H2,25,34,35)(H,27,28,29,30). The fourth-order valence-electron chi connectivity index (χ4n) is 3.71. The summed E-state index contributed by atoms with van der Waals surface area (Å²) in [7, 11) is -9.73. The molecule has 0 radical (unpaired) electrons. The Morgan fingerprint density at radius 1 is 1.08 bits per heavy atom. The molecule has 0 fully saturated rings. The molecule has 2 aromatic carbocycles. The van der Waals surface area contributed by atoms with Crippen LogP contribution in [0.25, 0.3) is 33.3 Å². The Kier molecular flexibility index (Phi) is 6.91. The van der Waals surface area contributed by atoms with Crippen molar-refractivity contribution < 1.29 is 39.5 Å². The number of aromatic nitrogens is 5. The van der Waals surface area contributed by atoms with Crippen LogP contribution in [0.15, 0.2) is 58.6 Å². The number of ether oxygens (including phenoxy) is 1. The van der Waals surface area contributed by atoms with Crippen molar-refractivity contribution in [3.8, 4) is 22.5 Å². The van der Waals surface area contributed by atoms with Crippen molar-refractivity contribution in [1.29, 1.82) is 0 Å². The first-order chi connectivity index (χ1) is 17.7. The minimum absolute atomic E-state index is 0.138. The van der Waals surface area contributed by atoms with Crippen LogP contribution in [0.1, 0.15) is 0 Å². The fraction of sp³-hybridized carbons (Fsp3) is 0.150. The zero-order valence-electron chi connectivity index (χ0n) is 18.7. The van der Waals surface area contributed by atoms with Gasteiger partial charge in [0.15, 0.2) is 16.1 Å². The number of carbonyl (C=O) groups is 1. The van der Waals surface area contributed by atoms with Gasteiger partial charge in [0, 0.05) is 17.8 Å². The third-order valence-corrected chi connectivity index (χ3v) is 8.05. The van der Waals surface area contributed by atoms with E-state index in [0.29, 0.717) is 16.3 Å². The van der Waals surface area contributed by atoms with Crippen LogP contribution in [0.4, 0.5) is 13.2 Å². The van der Waals surface area contributed by atoms with Crippen LogP contribution in [0, 0.1) is 0 Å². The Labute approximate surface area is 212 Å². The maximum atomic E-state index is 13.2. The van der Waals surface area contributed by atoms with Crippen molar-refractivity contribution in [3.63, 3.8) is 0 Å². The number of sulfone groups is 1. The molecule has 13 nitrogen and oxygen atoms in total. The number of nitrogens with two attached hydrogens (primary N) is 2. The van der Waals surface area contributed by atoms with Gasteiger partial charge in [-0.05, 0) is 33.9 Å². The van der Waals surface area contributed by atoms with Crippen LogP contribution < -0.4 is 10.9 Å². The number of hydrogen-bond donors (Lipinski definition) is 3. The van der Waals surface area contributed by atoms with E-state index in [4.69, 9.17) is 10.9 Å². The summed E-state index contributed by atoms with van der Waals surface area (Å²) in [6.07, 6.45) is -4.69. The monoisotopic (exact) mass is 571 g/mol. The van der Waals surface area contributed by atoms with Gasteiger partial charge in [-0.2, -0.15) is 18.4 Å². The summed E-state index contributed by atoms with van der Waals surface area (Å²) in [4.78, 5) is 13.2. The molecule has 1 unspecified atom stereocenters. The van der Waals surface area contributed by atoms with E-state index in [1.165, 1.54) is 12.3 Å². The van der Waals surface area contributed by atoms with Gasteiger partial charge in [0.25, 0.3) is 0 Å². The second-order valence-corrected chi connectivity index (χ2v) is 11.2. The number of nitrogens with zero attached hydrogens (tertiary/aromatic N) is 4. The number of aromatic amines is 1. The molecule has 0 aliphatic rings. The van der Waals surface area contributed by atoms with Gasteiger partial charge in [-0.15, -0.1) is 10.2 Å². The Balaban J connectivity index is 1.96. The fourth-order valence-corrected chi connectivity index (χ4v) is 6.61. The number of carbonyl (C=O) groups excluding carboxylic acids is 1. The lowest BCUT2D eigenvalue weighted by Gasteiger charge is -2.19. The molecule has 0 aliphatic carbocycles. The molecule has 38 heavy (non-hydrogen) atoms. The minimum atomic E-state index is -5.44. The van der Waals surface area contributed by atoms with E-state index in [0.717, 1.165) is 6.07 Å². The highest BCUT2D eigenvalue weighted by Gasteiger charge is 2.43. The number of primary sulfonamides is 1. The van der Waals surface area contributed by atoms with E-state index in [9.17, 15) is 34.8 Å². The molecular weight excluding hydrogens is 555 g/mol. The summed E-state index contributed by atoms with van der Waals surface area (Å²) in [6, 6.07) is 8.79. The van der Waals surface area contributed by atoms with Crippen LogP contribution in [0.2, 0.25) is 0 Å². The van der Waals surface area contributed by atoms with Crippen LogP contribution in [-0.2, 0) is 29.4 Å². The average Bonchev–Trinajstić information content (AvgIpc) is 3.36. The van der Waals surface area contributed by atoms with Crippen molar-refractivity contribution >= 4 is 36.6 Å². The summed E-state index contributed by atoms with van der Waals surface area (Å²) in [5.74, 6) is -4.47. The molecule has 1 atom stereocenters. The van der Waals surface area contributed by atoms with Gasteiger partial charge in [0.05, 0.1) is 10.5 Å². The van der Waals surface area contributed by atoms with Gasteiger partial charge >= 0.3 is 12.1 Å². The van der Waals surface area contributed by atoms with E-state index in [2.05, 4.69) is 30.3 Å². The van der Waals surface area contributed by atoms with Crippen LogP contribution in [0.3, 0.4) is 0 Å². The maximum absolute atomic E-state index is 13.2. The number of nitrogens with one attached hydrogen (secondary N) is 1. The number of tetrazole rings is 1. The summed E-state index contributed by atoms with van der Waals surface area (Å²) in [5.41, 5.74) is 5.53. The molecular formula is C20H16F3N7O6S2. The third kappa shape index (κ3) is 5.32. The third-order valence-electron chi connectivity index (χ3n) is 5.15. The second-order valence-electron chi connectivity index (χ2n) is 7.72. The summed E-state index contributed by atoms with van der Waals surface area (Å²) in [6.45, 7) is 0. The zero-order chi connectivity index (χ0) is 27.9. The van der Waals surface area contributed by atoms with E-state index in [-0.39, 0.29) is 17.0 Å². The topological polar surface area (TPSA) is 214 Å². The van der Waals surface area contributed by atoms with Crippen LogP contribution in [-0.4, -0.2) is 66.6 Å². The van der Waals surface area contributed by atoms with E-state index >= 15 is 0 Å². The molecule has 2 aromatic heterocycles. The molecule has 0 amide bonds. The van der Waals surface area contributed by atoms with Gasteiger partial charge in [-0.25, -0.2) is 26.8 Å². The lowest BCUT2D eigenvalue weighted by molar-refractivity contribution is -0.203. The van der Waals surface area contributed by atoms with Crippen molar-refractivity contribution in [3.05, 3.63) is 48.8 Å². The first-order valence-electron chi connectivity index (χ1n) is 10.2. The number of halogens is 3. The molecule has 4 aromatic rings. The minimum Gasteiger partial charge on any atom is -0.439 e. The van der Waals surface area contributed by atoms with Gasteiger partial charge in [0.1, 0.15) is 10.6 Å². The van der Waals surface area contributed by atoms with Gasteiger partial charge in [-0.1, -0.05) is 24.3 Å². The SMILES string of the molecule is NC(CS(=O)(=O)c1ccc(-c2cccc3cnccc23)c(-c2nn[nH]n2)c1S(N)(=O)=O)OC(=O)C(F)(F)F. The Bertz CT molecular complexity index is 1740. The molecule has 0 aliphatic heterocycles. The van der Waals surface area contributed by atoms with Crippen LogP contribution >= 0.6 is 0 Å². The van der Waals surface area contributed by atoms with Crippen molar-refractivity contribution in [2.24, 2.45) is 10.9 Å². The number of benzene rings is 2. The van der Waals surface area contributed by atoms with Gasteiger partial charge < -0.3 is 4.74 Å². The summed E-state index contributed by atoms with van der Waals surface area (Å²) < 4.78 is 93.5. The number of alkyl halides is 3. The predicted molar refractivity (Wildman–Crippen MR) is 124 cm³/mol. The number of pyridine rings is 1. The molecule has 5 N–H and O–H groups in total. The second kappa shape index (κ2) is 9.71. The van der Waals surface area contributed by atoms with Gasteiger partial charge in [-0.3, -0.25) is 10.7 Å². The highest BCUT2D eigenvalue weighted by Crippen LogP contribution is 2.41. The largest absolute Gasteiger partial charge is 0.490 e.